The van der Waals surface area contributed by atoms with Crippen molar-refractivity contribution in [2.75, 3.05) is 0 Å². The van der Waals surface area contributed by atoms with Gasteiger partial charge in [0, 0.05) is 10.8 Å². The Kier molecular flexibility index (Phi) is 4.97. The molecule has 1 heteroatoms. The fraction of sp³-hybridized carbons (Fsp3) is 0.0556. The molecular formula is C36H26O. The van der Waals surface area contributed by atoms with Crippen LogP contribution in [0.25, 0.3) is 71.8 Å². The van der Waals surface area contributed by atoms with E-state index in [0.29, 0.717) is 0 Å². The topological polar surface area (TPSA) is 13.1 Å². The molecule has 0 bridgehead atoms. The Bertz CT molecular complexity index is 1930. The smallest absolute Gasteiger partial charge is 0.135 e. The van der Waals surface area contributed by atoms with E-state index in [1.807, 2.05) is 0 Å². The lowest BCUT2D eigenvalue weighted by Crippen LogP contribution is -1.90. The summed E-state index contributed by atoms with van der Waals surface area (Å²) in [7, 11) is 0. The van der Waals surface area contributed by atoms with Gasteiger partial charge < -0.3 is 4.42 Å². The molecule has 0 unspecified atom stereocenters. The molecule has 7 aromatic rings. The van der Waals surface area contributed by atoms with Crippen LogP contribution in [-0.2, 0) is 0 Å². The van der Waals surface area contributed by atoms with Gasteiger partial charge in [-0.25, -0.2) is 0 Å². The van der Waals surface area contributed by atoms with Crippen molar-refractivity contribution in [3.8, 4) is 22.3 Å². The van der Waals surface area contributed by atoms with Crippen molar-refractivity contribution in [2.45, 2.75) is 13.8 Å². The van der Waals surface area contributed by atoms with Crippen molar-refractivity contribution >= 4 is 49.6 Å². The molecule has 1 heterocycles. The summed E-state index contributed by atoms with van der Waals surface area (Å²) in [6, 6.07) is 39.4. The first-order chi connectivity index (χ1) is 18.2. The van der Waals surface area contributed by atoms with Gasteiger partial charge in [-0.1, -0.05) is 97.1 Å². The Morgan fingerprint density at radius 3 is 1.70 bits per heavy atom. The second kappa shape index (κ2) is 8.50. The van der Waals surface area contributed by atoms with Crippen LogP contribution in [0, 0.1) is 6.92 Å². The third-order valence-corrected chi connectivity index (χ3v) is 7.49. The van der Waals surface area contributed by atoms with Crippen LogP contribution >= 0.6 is 0 Å². The molecule has 0 aliphatic heterocycles. The van der Waals surface area contributed by atoms with Crippen molar-refractivity contribution in [3.05, 3.63) is 126 Å². The number of hydrogen-bond donors (Lipinski definition) is 0. The summed E-state index contributed by atoms with van der Waals surface area (Å²) in [5.74, 6) is 0. The predicted octanol–water partition coefficient (Wildman–Crippen LogP) is 10.6. The highest BCUT2D eigenvalue weighted by molar-refractivity contribution is 6.22. The first-order valence-electron chi connectivity index (χ1n) is 12.8. The molecule has 37 heavy (non-hydrogen) atoms. The Hall–Kier alpha value is -4.62. The van der Waals surface area contributed by atoms with Crippen LogP contribution < -0.4 is 0 Å². The van der Waals surface area contributed by atoms with Gasteiger partial charge in [-0.2, -0.15) is 0 Å². The zero-order valence-corrected chi connectivity index (χ0v) is 21.0. The van der Waals surface area contributed by atoms with Gasteiger partial charge in [0.15, 0.2) is 0 Å². The lowest BCUT2D eigenvalue weighted by Gasteiger charge is -2.17. The van der Waals surface area contributed by atoms with Gasteiger partial charge >= 0.3 is 0 Å². The lowest BCUT2D eigenvalue weighted by atomic mass is 9.86. The van der Waals surface area contributed by atoms with E-state index in [0.717, 1.165) is 21.9 Å². The average molecular weight is 475 g/mol. The molecular weight excluding hydrogens is 448 g/mol. The van der Waals surface area contributed by atoms with Crippen LogP contribution in [0.1, 0.15) is 18.1 Å². The third-order valence-electron chi connectivity index (χ3n) is 7.49. The van der Waals surface area contributed by atoms with E-state index in [1.54, 1.807) is 0 Å². The molecule has 1 aromatic heterocycles. The van der Waals surface area contributed by atoms with Crippen molar-refractivity contribution in [2.24, 2.45) is 0 Å². The zero-order chi connectivity index (χ0) is 24.9. The molecule has 0 spiro atoms. The summed E-state index contributed by atoms with van der Waals surface area (Å²) in [4.78, 5) is 0. The van der Waals surface area contributed by atoms with Crippen LogP contribution in [-0.4, -0.2) is 0 Å². The zero-order valence-electron chi connectivity index (χ0n) is 21.0. The fourth-order valence-electron chi connectivity index (χ4n) is 5.81. The van der Waals surface area contributed by atoms with Gasteiger partial charge in [0.05, 0.1) is 0 Å². The molecule has 6 aromatic carbocycles. The van der Waals surface area contributed by atoms with E-state index in [1.165, 1.54) is 54.9 Å². The second-order valence-corrected chi connectivity index (χ2v) is 9.73. The van der Waals surface area contributed by atoms with E-state index in [4.69, 9.17) is 4.42 Å². The molecule has 1 nitrogen and oxygen atoms in total. The van der Waals surface area contributed by atoms with Crippen molar-refractivity contribution in [3.63, 3.8) is 0 Å². The molecule has 0 atom stereocenters. The van der Waals surface area contributed by atoms with Crippen molar-refractivity contribution in [1.29, 1.82) is 0 Å². The molecule has 0 radical (unpaired) electrons. The van der Waals surface area contributed by atoms with Crippen molar-refractivity contribution in [1.82, 2.24) is 0 Å². The van der Waals surface area contributed by atoms with Gasteiger partial charge in [-0.05, 0) is 93.0 Å². The summed E-state index contributed by atoms with van der Waals surface area (Å²) in [5.41, 5.74) is 9.31. The minimum absolute atomic E-state index is 0.922. The van der Waals surface area contributed by atoms with E-state index in [-0.39, 0.29) is 0 Å². The first kappa shape index (κ1) is 21.6. The standard InChI is InChI=1S/C36H26O/c1-3-11-25-21-32-31-22-26(18-19-33(31)37-34(32)20-23(25)2)36-29-16-9-7-14-27(29)35(24-12-5-4-6-13-24)28-15-8-10-17-30(28)36/h3-22H,1-2H3/b11-3-. The highest BCUT2D eigenvalue weighted by atomic mass is 16.3. The van der Waals surface area contributed by atoms with Crippen LogP contribution in [0.15, 0.2) is 120 Å². The average Bonchev–Trinajstić information content (AvgIpc) is 3.28. The van der Waals surface area contributed by atoms with E-state index in [2.05, 4.69) is 135 Å². The minimum atomic E-state index is 0.922. The first-order valence-corrected chi connectivity index (χ1v) is 12.8. The monoisotopic (exact) mass is 474 g/mol. The molecule has 0 saturated heterocycles. The molecule has 176 valence electrons. The van der Waals surface area contributed by atoms with E-state index in [9.17, 15) is 0 Å². The number of fused-ring (bicyclic) bond motifs is 5. The van der Waals surface area contributed by atoms with Crippen LogP contribution in [0.4, 0.5) is 0 Å². The number of benzene rings is 6. The molecule has 0 amide bonds. The summed E-state index contributed by atoms with van der Waals surface area (Å²) >= 11 is 0. The molecule has 0 aliphatic carbocycles. The Morgan fingerprint density at radius 2 is 1.08 bits per heavy atom. The third kappa shape index (κ3) is 3.39. The molecule has 0 fully saturated rings. The fourth-order valence-corrected chi connectivity index (χ4v) is 5.81. The Balaban J connectivity index is 1.58. The highest BCUT2D eigenvalue weighted by Gasteiger charge is 2.17. The summed E-state index contributed by atoms with van der Waals surface area (Å²) < 4.78 is 6.29. The number of furan rings is 1. The Labute approximate surface area is 216 Å². The van der Waals surface area contributed by atoms with Crippen molar-refractivity contribution < 1.29 is 4.42 Å². The van der Waals surface area contributed by atoms with Crippen LogP contribution in [0.3, 0.4) is 0 Å². The summed E-state index contributed by atoms with van der Waals surface area (Å²) in [6.07, 6.45) is 4.26. The second-order valence-electron chi connectivity index (χ2n) is 9.73. The summed E-state index contributed by atoms with van der Waals surface area (Å²) in [6.45, 7) is 4.20. The quantitative estimate of drug-likeness (QED) is 0.232. The normalized spacial score (nSPS) is 11.9. The molecule has 0 aliphatic rings. The number of aryl methyl sites for hydroxylation is 1. The summed E-state index contributed by atoms with van der Waals surface area (Å²) in [5, 5.41) is 7.37. The maximum absolute atomic E-state index is 6.29. The predicted molar refractivity (Wildman–Crippen MR) is 159 cm³/mol. The minimum Gasteiger partial charge on any atom is -0.456 e. The van der Waals surface area contributed by atoms with Gasteiger partial charge in [0.1, 0.15) is 11.2 Å². The molecule has 0 N–H and O–H groups in total. The van der Waals surface area contributed by atoms with E-state index >= 15 is 0 Å². The van der Waals surface area contributed by atoms with Crippen LogP contribution in [0.2, 0.25) is 0 Å². The van der Waals surface area contributed by atoms with Crippen LogP contribution in [0.5, 0.6) is 0 Å². The van der Waals surface area contributed by atoms with E-state index < -0.39 is 0 Å². The van der Waals surface area contributed by atoms with Gasteiger partial charge in [-0.15, -0.1) is 0 Å². The van der Waals surface area contributed by atoms with Gasteiger partial charge in [0.2, 0.25) is 0 Å². The number of rotatable bonds is 3. The molecule has 0 saturated carbocycles. The van der Waals surface area contributed by atoms with Gasteiger partial charge in [0.25, 0.3) is 0 Å². The number of hydrogen-bond acceptors (Lipinski definition) is 1. The lowest BCUT2D eigenvalue weighted by molar-refractivity contribution is 0.668. The maximum atomic E-state index is 6.29. The maximum Gasteiger partial charge on any atom is 0.135 e. The highest BCUT2D eigenvalue weighted by Crippen LogP contribution is 2.44. The molecule has 7 rings (SSSR count). The number of allylic oxidation sites excluding steroid dienone is 1. The largest absolute Gasteiger partial charge is 0.456 e. The SMILES string of the molecule is C/C=C\c1cc2c(cc1C)oc1ccc(-c3c4ccccc4c(-c4ccccc4)c4ccccc34)cc12. The van der Waals surface area contributed by atoms with Gasteiger partial charge in [-0.3, -0.25) is 0 Å². The Morgan fingerprint density at radius 1 is 0.514 bits per heavy atom.